The van der Waals surface area contributed by atoms with Crippen LogP contribution < -0.4 is 11.4 Å². The fourth-order valence-electron chi connectivity index (χ4n) is 2.89. The second kappa shape index (κ2) is 5.34. The van der Waals surface area contributed by atoms with E-state index in [2.05, 4.69) is 39.8 Å². The number of hydrogen-bond donors (Lipinski definition) is 1. The summed E-state index contributed by atoms with van der Waals surface area (Å²) in [7, 11) is 0. The number of imidazole rings is 1. The average molecular weight is 289 g/mol. The Bertz CT molecular complexity index is 716. The number of aryl methyl sites for hydroxylation is 3. The van der Waals surface area contributed by atoms with Crippen molar-refractivity contribution in [3.05, 3.63) is 33.7 Å². The molecule has 0 spiro atoms. The van der Waals surface area contributed by atoms with Gasteiger partial charge in [-0.2, -0.15) is 0 Å². The van der Waals surface area contributed by atoms with Gasteiger partial charge in [-0.3, -0.25) is 9.13 Å². The van der Waals surface area contributed by atoms with Gasteiger partial charge in [0, 0.05) is 19.1 Å². The van der Waals surface area contributed by atoms with Gasteiger partial charge in [0.2, 0.25) is 0 Å². The SMILES string of the molecule is CCn1c(=O)n(CC)c2cc(C(N)C(C)(C)C)c(C)cc21. The molecule has 0 aliphatic heterocycles. The Labute approximate surface area is 126 Å². The molecule has 0 saturated carbocycles. The van der Waals surface area contributed by atoms with Crippen molar-refractivity contribution in [1.82, 2.24) is 9.13 Å². The van der Waals surface area contributed by atoms with Crippen LogP contribution in [0.4, 0.5) is 0 Å². The molecule has 1 atom stereocenters. The van der Waals surface area contributed by atoms with E-state index in [1.54, 1.807) is 0 Å². The fraction of sp³-hybridized carbons (Fsp3) is 0.588. The van der Waals surface area contributed by atoms with E-state index in [1.807, 2.05) is 23.0 Å². The van der Waals surface area contributed by atoms with Gasteiger partial charge in [0.05, 0.1) is 11.0 Å². The first-order valence-electron chi connectivity index (χ1n) is 7.71. The highest BCUT2D eigenvalue weighted by molar-refractivity contribution is 5.78. The lowest BCUT2D eigenvalue weighted by Crippen LogP contribution is -2.27. The van der Waals surface area contributed by atoms with Crippen molar-refractivity contribution in [2.24, 2.45) is 11.1 Å². The highest BCUT2D eigenvalue weighted by Crippen LogP contribution is 2.34. The average Bonchev–Trinajstić information content (AvgIpc) is 2.66. The quantitative estimate of drug-likeness (QED) is 0.943. The molecule has 0 saturated heterocycles. The van der Waals surface area contributed by atoms with Crippen LogP contribution in [-0.2, 0) is 13.1 Å². The van der Waals surface area contributed by atoms with Crippen molar-refractivity contribution < 1.29 is 0 Å². The minimum Gasteiger partial charge on any atom is -0.324 e. The summed E-state index contributed by atoms with van der Waals surface area (Å²) in [6.07, 6.45) is 0. The zero-order chi connectivity index (χ0) is 15.9. The molecule has 0 aliphatic carbocycles. The van der Waals surface area contributed by atoms with Gasteiger partial charge in [-0.15, -0.1) is 0 Å². The molecule has 0 fully saturated rings. The highest BCUT2D eigenvalue weighted by Gasteiger charge is 2.25. The number of hydrogen-bond acceptors (Lipinski definition) is 2. The molecule has 1 unspecified atom stereocenters. The van der Waals surface area contributed by atoms with E-state index in [0.717, 1.165) is 22.2 Å². The molecular weight excluding hydrogens is 262 g/mol. The van der Waals surface area contributed by atoms with Crippen LogP contribution in [0.15, 0.2) is 16.9 Å². The Balaban J connectivity index is 2.79. The lowest BCUT2D eigenvalue weighted by Gasteiger charge is -2.28. The van der Waals surface area contributed by atoms with Crippen molar-refractivity contribution in [3.63, 3.8) is 0 Å². The summed E-state index contributed by atoms with van der Waals surface area (Å²) >= 11 is 0. The monoisotopic (exact) mass is 289 g/mol. The van der Waals surface area contributed by atoms with Crippen LogP contribution in [0.1, 0.15) is 51.8 Å². The minimum atomic E-state index is -0.0488. The first-order valence-corrected chi connectivity index (χ1v) is 7.71. The summed E-state index contributed by atoms with van der Waals surface area (Å²) in [5.74, 6) is 0. The summed E-state index contributed by atoms with van der Waals surface area (Å²) in [4.78, 5) is 12.4. The molecule has 21 heavy (non-hydrogen) atoms. The number of aromatic nitrogens is 2. The van der Waals surface area contributed by atoms with E-state index < -0.39 is 0 Å². The van der Waals surface area contributed by atoms with E-state index >= 15 is 0 Å². The molecule has 0 radical (unpaired) electrons. The first-order chi connectivity index (χ1) is 9.72. The van der Waals surface area contributed by atoms with Gasteiger partial charge < -0.3 is 5.73 Å². The Hall–Kier alpha value is -1.55. The molecular formula is C17H27N3O. The van der Waals surface area contributed by atoms with Gasteiger partial charge in [0.1, 0.15) is 0 Å². The normalized spacial score (nSPS) is 13.9. The van der Waals surface area contributed by atoms with Gasteiger partial charge >= 0.3 is 5.69 Å². The van der Waals surface area contributed by atoms with E-state index in [1.165, 1.54) is 0 Å². The van der Waals surface area contributed by atoms with Crippen molar-refractivity contribution in [2.75, 3.05) is 0 Å². The van der Waals surface area contributed by atoms with Crippen LogP contribution in [0, 0.1) is 12.3 Å². The number of nitrogens with zero attached hydrogens (tertiary/aromatic N) is 2. The zero-order valence-electron chi connectivity index (χ0n) is 14.0. The van der Waals surface area contributed by atoms with E-state index in [0.29, 0.717) is 13.1 Å². The van der Waals surface area contributed by atoms with Crippen LogP contribution in [0.3, 0.4) is 0 Å². The Morgan fingerprint density at radius 2 is 1.57 bits per heavy atom. The third-order valence-electron chi connectivity index (χ3n) is 4.31. The maximum absolute atomic E-state index is 12.4. The van der Waals surface area contributed by atoms with Crippen molar-refractivity contribution in [2.45, 2.75) is 60.7 Å². The predicted molar refractivity (Wildman–Crippen MR) is 88.7 cm³/mol. The number of benzene rings is 1. The number of rotatable bonds is 3. The molecule has 116 valence electrons. The Morgan fingerprint density at radius 1 is 1.10 bits per heavy atom. The summed E-state index contributed by atoms with van der Waals surface area (Å²) in [5.41, 5.74) is 10.8. The first kappa shape index (κ1) is 15.8. The van der Waals surface area contributed by atoms with Gasteiger partial charge in [-0.1, -0.05) is 20.8 Å². The van der Waals surface area contributed by atoms with E-state index in [9.17, 15) is 4.79 Å². The molecule has 1 aromatic heterocycles. The summed E-state index contributed by atoms with van der Waals surface area (Å²) < 4.78 is 3.66. The molecule has 1 heterocycles. The van der Waals surface area contributed by atoms with Crippen LogP contribution in [-0.4, -0.2) is 9.13 Å². The molecule has 4 heteroatoms. The van der Waals surface area contributed by atoms with Gasteiger partial charge in [-0.25, -0.2) is 4.79 Å². The smallest absolute Gasteiger partial charge is 0.324 e. The third kappa shape index (κ3) is 2.53. The molecule has 2 rings (SSSR count). The Kier molecular flexibility index (Phi) is 4.02. The van der Waals surface area contributed by atoms with Crippen LogP contribution in [0.5, 0.6) is 0 Å². The number of fused-ring (bicyclic) bond motifs is 1. The second-order valence-electron chi connectivity index (χ2n) is 6.81. The maximum Gasteiger partial charge on any atom is 0.329 e. The zero-order valence-corrected chi connectivity index (χ0v) is 14.0. The molecule has 2 N–H and O–H groups in total. The van der Waals surface area contributed by atoms with Crippen molar-refractivity contribution in [3.8, 4) is 0 Å². The Morgan fingerprint density at radius 3 is 2.00 bits per heavy atom. The molecule has 1 aromatic carbocycles. The van der Waals surface area contributed by atoms with Crippen LogP contribution >= 0.6 is 0 Å². The van der Waals surface area contributed by atoms with Crippen LogP contribution in [0.25, 0.3) is 11.0 Å². The second-order valence-corrected chi connectivity index (χ2v) is 6.81. The highest BCUT2D eigenvalue weighted by atomic mass is 16.1. The molecule has 0 amide bonds. The molecule has 0 aliphatic rings. The molecule has 2 aromatic rings. The van der Waals surface area contributed by atoms with Crippen LogP contribution in [0.2, 0.25) is 0 Å². The molecule has 0 bridgehead atoms. The van der Waals surface area contributed by atoms with Gasteiger partial charge in [-0.05, 0) is 49.4 Å². The van der Waals surface area contributed by atoms with Gasteiger partial charge in [0.15, 0.2) is 0 Å². The van der Waals surface area contributed by atoms with Crippen molar-refractivity contribution in [1.29, 1.82) is 0 Å². The standard InChI is InChI=1S/C17H27N3O/c1-7-19-13-9-11(3)12(15(18)17(4,5)6)10-14(13)20(8-2)16(19)21/h9-10,15H,7-8,18H2,1-6H3. The lowest BCUT2D eigenvalue weighted by atomic mass is 9.81. The largest absolute Gasteiger partial charge is 0.329 e. The summed E-state index contributed by atoms with van der Waals surface area (Å²) in [5, 5.41) is 0. The van der Waals surface area contributed by atoms with E-state index in [-0.39, 0.29) is 17.1 Å². The predicted octanol–water partition coefficient (Wildman–Crippen LogP) is 3.20. The topological polar surface area (TPSA) is 53.0 Å². The lowest BCUT2D eigenvalue weighted by molar-refractivity contribution is 0.326. The minimum absolute atomic E-state index is 0.0108. The summed E-state index contributed by atoms with van der Waals surface area (Å²) in [6.45, 7) is 13.9. The molecule has 4 nitrogen and oxygen atoms in total. The van der Waals surface area contributed by atoms with E-state index in [4.69, 9.17) is 5.73 Å². The van der Waals surface area contributed by atoms with Crippen molar-refractivity contribution >= 4 is 11.0 Å². The summed E-state index contributed by atoms with van der Waals surface area (Å²) in [6, 6.07) is 4.16. The third-order valence-corrected chi connectivity index (χ3v) is 4.31. The van der Waals surface area contributed by atoms with Gasteiger partial charge in [0.25, 0.3) is 0 Å². The number of nitrogens with two attached hydrogens (primary N) is 1. The fourth-order valence-corrected chi connectivity index (χ4v) is 2.89. The maximum atomic E-state index is 12.4.